The van der Waals surface area contributed by atoms with Gasteiger partial charge < -0.3 is 10.6 Å². The Hall–Kier alpha value is -0.290. The van der Waals surface area contributed by atoms with Crippen LogP contribution in [-0.2, 0) is 0 Å². The first kappa shape index (κ1) is 14.8. The van der Waals surface area contributed by atoms with Crippen LogP contribution in [-0.4, -0.2) is 36.8 Å². The smallest absolute Gasteiger partial charge is 0.328 e. The van der Waals surface area contributed by atoms with Crippen molar-refractivity contribution in [2.45, 2.75) is 51.2 Å². The topological polar surface area (TPSA) is 29.3 Å². The molecule has 1 rings (SSSR count). The second-order valence-electron chi connectivity index (χ2n) is 5.02. The lowest BCUT2D eigenvalue weighted by atomic mass is 9.97. The molecule has 0 spiro atoms. The molecule has 0 aromatic carbocycles. The summed E-state index contributed by atoms with van der Waals surface area (Å²) in [5.41, 5.74) is 5.87. The zero-order valence-electron chi connectivity index (χ0n) is 10.5. The molecule has 0 aliphatic carbocycles. The Balaban J connectivity index is 2.30. The number of nitrogens with two attached hydrogens (primary N) is 1. The molecule has 102 valence electrons. The van der Waals surface area contributed by atoms with Crippen LogP contribution in [0.2, 0.25) is 0 Å². The fraction of sp³-hybridized carbons (Fsp3) is 1.00. The molecule has 2 N–H and O–H groups in total. The molecule has 5 heteroatoms. The van der Waals surface area contributed by atoms with Crippen LogP contribution in [0.15, 0.2) is 0 Å². The zero-order valence-corrected chi connectivity index (χ0v) is 10.5. The van der Waals surface area contributed by atoms with Gasteiger partial charge in [-0.15, -0.1) is 0 Å². The molecule has 0 amide bonds. The second-order valence-corrected chi connectivity index (χ2v) is 5.02. The number of hydrogen-bond donors (Lipinski definition) is 1. The highest BCUT2D eigenvalue weighted by atomic mass is 19.4. The van der Waals surface area contributed by atoms with Gasteiger partial charge in [0.2, 0.25) is 0 Å². The van der Waals surface area contributed by atoms with E-state index in [4.69, 9.17) is 5.73 Å². The highest BCUT2D eigenvalue weighted by Crippen LogP contribution is 2.33. The summed E-state index contributed by atoms with van der Waals surface area (Å²) < 4.78 is 37.7. The summed E-state index contributed by atoms with van der Waals surface area (Å²) in [6, 6.07) is 0.131. The lowest BCUT2D eigenvalue weighted by Crippen LogP contribution is -2.43. The minimum absolute atomic E-state index is 0.131. The number of hydrogen-bond acceptors (Lipinski definition) is 2. The van der Waals surface area contributed by atoms with Crippen molar-refractivity contribution in [3.63, 3.8) is 0 Å². The van der Waals surface area contributed by atoms with Crippen molar-refractivity contribution in [3.8, 4) is 0 Å². The minimum Gasteiger partial charge on any atom is -0.328 e. The molecular formula is C12H23F3N2. The van der Waals surface area contributed by atoms with Gasteiger partial charge in [-0.1, -0.05) is 13.3 Å². The van der Waals surface area contributed by atoms with Gasteiger partial charge in [0.15, 0.2) is 0 Å². The van der Waals surface area contributed by atoms with E-state index in [9.17, 15) is 13.2 Å². The van der Waals surface area contributed by atoms with Gasteiger partial charge in [0.1, 0.15) is 0 Å². The van der Waals surface area contributed by atoms with Gasteiger partial charge in [-0.3, -0.25) is 0 Å². The van der Waals surface area contributed by atoms with Gasteiger partial charge in [0, 0.05) is 12.6 Å². The van der Waals surface area contributed by atoms with E-state index >= 15 is 0 Å². The van der Waals surface area contributed by atoms with E-state index in [-0.39, 0.29) is 19.0 Å². The summed E-state index contributed by atoms with van der Waals surface area (Å²) >= 11 is 0. The Morgan fingerprint density at radius 2 is 2.06 bits per heavy atom. The van der Waals surface area contributed by atoms with Crippen molar-refractivity contribution in [1.82, 2.24) is 4.90 Å². The standard InChI is InChI=1S/C12H23F3N2/c1-2-4-11(16)6-8-17-7-3-5-10(9-17)12(13,14)15/h10-11H,2-9,16H2,1H3. The molecule has 17 heavy (non-hydrogen) atoms. The maximum Gasteiger partial charge on any atom is 0.393 e. The maximum atomic E-state index is 12.6. The predicted molar refractivity (Wildman–Crippen MR) is 62.7 cm³/mol. The summed E-state index contributed by atoms with van der Waals surface area (Å²) in [6.07, 6.45) is -0.320. The summed E-state index contributed by atoms with van der Waals surface area (Å²) in [7, 11) is 0. The van der Waals surface area contributed by atoms with E-state index in [2.05, 4.69) is 6.92 Å². The average Bonchev–Trinajstić information content (AvgIpc) is 2.26. The van der Waals surface area contributed by atoms with Crippen LogP contribution in [0.4, 0.5) is 13.2 Å². The van der Waals surface area contributed by atoms with Gasteiger partial charge in [0.05, 0.1) is 5.92 Å². The molecule has 1 aliphatic rings. The van der Waals surface area contributed by atoms with E-state index in [0.717, 1.165) is 25.8 Å². The zero-order chi connectivity index (χ0) is 12.9. The minimum atomic E-state index is -4.04. The number of likely N-dealkylation sites (tertiary alicyclic amines) is 1. The van der Waals surface area contributed by atoms with Gasteiger partial charge in [-0.05, 0) is 38.8 Å². The van der Waals surface area contributed by atoms with E-state index in [1.54, 1.807) is 0 Å². The summed E-state index contributed by atoms with van der Waals surface area (Å²) in [5.74, 6) is -1.14. The predicted octanol–water partition coefficient (Wildman–Crippen LogP) is 2.78. The average molecular weight is 252 g/mol. The van der Waals surface area contributed by atoms with Gasteiger partial charge in [-0.2, -0.15) is 13.2 Å². The van der Waals surface area contributed by atoms with Crippen molar-refractivity contribution in [1.29, 1.82) is 0 Å². The molecule has 0 saturated carbocycles. The Kier molecular flexibility index (Phi) is 5.73. The van der Waals surface area contributed by atoms with Crippen LogP contribution in [0.5, 0.6) is 0 Å². The third-order valence-corrected chi connectivity index (χ3v) is 3.44. The third-order valence-electron chi connectivity index (χ3n) is 3.44. The van der Waals surface area contributed by atoms with Crippen LogP contribution >= 0.6 is 0 Å². The Bertz CT molecular complexity index is 218. The fourth-order valence-electron chi connectivity index (χ4n) is 2.39. The summed E-state index contributed by atoms with van der Waals surface area (Å²) in [4.78, 5) is 1.91. The van der Waals surface area contributed by atoms with Gasteiger partial charge in [0.25, 0.3) is 0 Å². The molecule has 1 fully saturated rings. The van der Waals surface area contributed by atoms with E-state index < -0.39 is 12.1 Å². The van der Waals surface area contributed by atoms with Gasteiger partial charge >= 0.3 is 6.18 Å². The molecule has 1 aliphatic heterocycles. The molecule has 2 unspecified atom stereocenters. The molecule has 2 nitrogen and oxygen atoms in total. The molecule has 0 aromatic rings. The largest absolute Gasteiger partial charge is 0.393 e. The van der Waals surface area contributed by atoms with Gasteiger partial charge in [-0.25, -0.2) is 0 Å². The molecule has 0 bridgehead atoms. The summed E-state index contributed by atoms with van der Waals surface area (Å²) in [6.45, 7) is 3.71. The number of alkyl halides is 3. The number of halogens is 3. The first-order chi connectivity index (χ1) is 7.93. The Morgan fingerprint density at radius 1 is 1.35 bits per heavy atom. The Labute approximate surface area is 101 Å². The molecular weight excluding hydrogens is 229 g/mol. The first-order valence-electron chi connectivity index (χ1n) is 6.48. The maximum absolute atomic E-state index is 12.6. The lowest BCUT2D eigenvalue weighted by Gasteiger charge is -2.34. The molecule has 0 aromatic heterocycles. The Morgan fingerprint density at radius 3 is 2.65 bits per heavy atom. The van der Waals surface area contributed by atoms with Crippen molar-refractivity contribution in [2.24, 2.45) is 11.7 Å². The highest BCUT2D eigenvalue weighted by molar-refractivity contribution is 4.78. The van der Waals surface area contributed by atoms with E-state index in [1.807, 2.05) is 4.90 Å². The summed E-state index contributed by atoms with van der Waals surface area (Å²) in [5, 5.41) is 0. The second kappa shape index (κ2) is 6.59. The highest BCUT2D eigenvalue weighted by Gasteiger charge is 2.41. The van der Waals surface area contributed by atoms with Crippen LogP contribution in [0.25, 0.3) is 0 Å². The van der Waals surface area contributed by atoms with Crippen LogP contribution in [0, 0.1) is 5.92 Å². The van der Waals surface area contributed by atoms with E-state index in [0.29, 0.717) is 13.0 Å². The fourth-order valence-corrected chi connectivity index (χ4v) is 2.39. The normalized spacial score (nSPS) is 24.9. The first-order valence-corrected chi connectivity index (χ1v) is 6.48. The molecule has 1 saturated heterocycles. The third kappa shape index (κ3) is 5.25. The van der Waals surface area contributed by atoms with Crippen molar-refractivity contribution in [3.05, 3.63) is 0 Å². The molecule has 2 atom stereocenters. The van der Waals surface area contributed by atoms with Crippen LogP contribution in [0.3, 0.4) is 0 Å². The lowest BCUT2D eigenvalue weighted by molar-refractivity contribution is -0.186. The van der Waals surface area contributed by atoms with Crippen molar-refractivity contribution in [2.75, 3.05) is 19.6 Å². The number of nitrogens with zero attached hydrogens (tertiary/aromatic N) is 1. The SMILES string of the molecule is CCCC(N)CCN1CCCC(C(F)(F)F)C1. The van der Waals surface area contributed by atoms with Crippen molar-refractivity contribution >= 4 is 0 Å². The number of rotatable bonds is 5. The van der Waals surface area contributed by atoms with E-state index in [1.165, 1.54) is 0 Å². The monoisotopic (exact) mass is 252 g/mol. The quantitative estimate of drug-likeness (QED) is 0.815. The van der Waals surface area contributed by atoms with Crippen molar-refractivity contribution < 1.29 is 13.2 Å². The van der Waals surface area contributed by atoms with Crippen LogP contribution < -0.4 is 5.73 Å². The van der Waals surface area contributed by atoms with Crippen LogP contribution in [0.1, 0.15) is 39.0 Å². The number of piperidine rings is 1. The molecule has 1 heterocycles. The molecule has 0 radical (unpaired) electrons.